The molecule has 0 saturated carbocycles. The molecule has 0 radical (unpaired) electrons. The molecule has 1 atom stereocenters. The Hall–Kier alpha value is -1.57. The monoisotopic (exact) mass is 263 g/mol. The Labute approximate surface area is 111 Å². The molecule has 0 aliphatic carbocycles. The van der Waals surface area contributed by atoms with Crippen molar-refractivity contribution in [1.29, 1.82) is 5.26 Å². The van der Waals surface area contributed by atoms with Gasteiger partial charge in [0.15, 0.2) is 0 Å². The van der Waals surface area contributed by atoms with Gasteiger partial charge in [-0.05, 0) is 44.5 Å². The van der Waals surface area contributed by atoms with Gasteiger partial charge in [-0.25, -0.2) is 0 Å². The van der Waals surface area contributed by atoms with E-state index in [2.05, 4.69) is 10.6 Å². The number of anilines is 1. The Morgan fingerprint density at radius 1 is 1.61 bits per heavy atom. The van der Waals surface area contributed by atoms with E-state index in [1.165, 1.54) is 0 Å². The minimum Gasteiger partial charge on any atom is -0.324 e. The van der Waals surface area contributed by atoms with E-state index in [0.717, 1.165) is 19.4 Å². The largest absolute Gasteiger partial charge is 0.324 e. The second kappa shape index (κ2) is 4.97. The summed E-state index contributed by atoms with van der Waals surface area (Å²) in [5.41, 5.74) is 0.432. The van der Waals surface area contributed by atoms with Gasteiger partial charge in [-0.3, -0.25) is 4.79 Å². The molecule has 1 fully saturated rings. The van der Waals surface area contributed by atoms with Crippen LogP contribution in [0.5, 0.6) is 0 Å². The molecule has 1 aliphatic rings. The van der Waals surface area contributed by atoms with Crippen molar-refractivity contribution >= 4 is 23.2 Å². The number of benzene rings is 1. The van der Waals surface area contributed by atoms with Gasteiger partial charge in [-0.1, -0.05) is 11.6 Å². The molecule has 1 aromatic rings. The fraction of sp³-hybridized carbons (Fsp3) is 0.385. The molecule has 2 rings (SSSR count). The smallest absolute Gasteiger partial charge is 0.244 e. The number of hydrogen-bond donors (Lipinski definition) is 2. The van der Waals surface area contributed by atoms with Crippen LogP contribution >= 0.6 is 11.6 Å². The minimum atomic E-state index is -0.521. The third-order valence-corrected chi connectivity index (χ3v) is 3.54. The maximum absolute atomic E-state index is 12.1. The third kappa shape index (κ3) is 2.47. The third-order valence-electron chi connectivity index (χ3n) is 3.21. The summed E-state index contributed by atoms with van der Waals surface area (Å²) < 4.78 is 0. The Morgan fingerprint density at radius 2 is 2.39 bits per heavy atom. The van der Waals surface area contributed by atoms with Gasteiger partial charge in [0.25, 0.3) is 0 Å². The summed E-state index contributed by atoms with van der Waals surface area (Å²) in [6.07, 6.45) is 1.81. The van der Waals surface area contributed by atoms with Crippen LogP contribution in [0.4, 0.5) is 5.69 Å². The Bertz CT molecular complexity index is 515. The summed E-state index contributed by atoms with van der Waals surface area (Å²) in [4.78, 5) is 12.1. The second-order valence-electron chi connectivity index (χ2n) is 4.62. The van der Waals surface area contributed by atoms with Crippen LogP contribution in [0, 0.1) is 11.3 Å². The average Bonchev–Trinajstić information content (AvgIpc) is 2.80. The highest BCUT2D eigenvalue weighted by atomic mass is 35.5. The number of halogens is 1. The zero-order valence-corrected chi connectivity index (χ0v) is 10.8. The van der Waals surface area contributed by atoms with Crippen molar-refractivity contribution in [3.63, 3.8) is 0 Å². The first kappa shape index (κ1) is 12.9. The van der Waals surface area contributed by atoms with Gasteiger partial charge >= 0.3 is 0 Å². The van der Waals surface area contributed by atoms with Crippen LogP contribution in [0.1, 0.15) is 25.3 Å². The maximum Gasteiger partial charge on any atom is 0.244 e. The fourth-order valence-electron chi connectivity index (χ4n) is 2.05. The highest BCUT2D eigenvalue weighted by molar-refractivity contribution is 6.31. The summed E-state index contributed by atoms with van der Waals surface area (Å²) in [6, 6.07) is 6.88. The minimum absolute atomic E-state index is 0.0776. The van der Waals surface area contributed by atoms with Crippen molar-refractivity contribution in [3.05, 3.63) is 28.8 Å². The average molecular weight is 264 g/mol. The normalized spacial score (nSPS) is 22.5. The molecule has 18 heavy (non-hydrogen) atoms. The zero-order chi connectivity index (χ0) is 13.2. The van der Waals surface area contributed by atoms with Gasteiger partial charge in [0.1, 0.15) is 6.07 Å². The molecule has 1 saturated heterocycles. The quantitative estimate of drug-likeness (QED) is 0.860. The summed E-state index contributed by atoms with van der Waals surface area (Å²) >= 11 is 5.84. The fourth-order valence-corrected chi connectivity index (χ4v) is 2.21. The van der Waals surface area contributed by atoms with Crippen molar-refractivity contribution in [3.8, 4) is 6.07 Å². The first-order valence-corrected chi connectivity index (χ1v) is 6.19. The van der Waals surface area contributed by atoms with Crippen LogP contribution < -0.4 is 10.6 Å². The van der Waals surface area contributed by atoms with Crippen molar-refractivity contribution in [2.75, 3.05) is 11.9 Å². The summed E-state index contributed by atoms with van der Waals surface area (Å²) in [7, 11) is 0. The second-order valence-corrected chi connectivity index (χ2v) is 5.03. The summed E-state index contributed by atoms with van der Waals surface area (Å²) in [5, 5.41) is 15.3. The van der Waals surface area contributed by atoms with Crippen LogP contribution in [-0.2, 0) is 4.79 Å². The predicted octanol–water partition coefficient (Wildman–Crippen LogP) is 2.29. The Balaban J connectivity index is 2.15. The molecular weight excluding hydrogens is 250 g/mol. The lowest BCUT2D eigenvalue weighted by Crippen LogP contribution is -2.47. The molecule has 1 aromatic carbocycles. The SMILES string of the molecule is CC1(C(=O)Nc2ccc(Cl)c(C#N)c2)CCCN1. The number of nitrogens with one attached hydrogen (secondary N) is 2. The topological polar surface area (TPSA) is 64.9 Å². The van der Waals surface area contributed by atoms with Gasteiger partial charge in [0, 0.05) is 5.69 Å². The van der Waals surface area contributed by atoms with Crippen molar-refractivity contribution in [1.82, 2.24) is 5.32 Å². The first-order chi connectivity index (χ1) is 8.55. The van der Waals surface area contributed by atoms with Gasteiger partial charge in [0.05, 0.1) is 16.1 Å². The molecule has 5 heteroatoms. The first-order valence-electron chi connectivity index (χ1n) is 5.81. The highest BCUT2D eigenvalue weighted by Crippen LogP contribution is 2.23. The van der Waals surface area contributed by atoms with Crippen LogP contribution in [0.3, 0.4) is 0 Å². The summed E-state index contributed by atoms with van der Waals surface area (Å²) in [5.74, 6) is -0.0776. The number of carbonyl (C=O) groups is 1. The van der Waals surface area contributed by atoms with Crippen LogP contribution in [-0.4, -0.2) is 18.0 Å². The summed E-state index contributed by atoms with van der Waals surface area (Å²) in [6.45, 7) is 2.74. The number of rotatable bonds is 2. The van der Waals surface area contributed by atoms with Crippen molar-refractivity contribution < 1.29 is 4.79 Å². The van der Waals surface area contributed by atoms with Crippen LogP contribution in [0.15, 0.2) is 18.2 Å². The molecular formula is C13H14ClN3O. The van der Waals surface area contributed by atoms with Gasteiger partial charge in [-0.2, -0.15) is 5.26 Å². The van der Waals surface area contributed by atoms with E-state index in [1.807, 2.05) is 13.0 Å². The molecule has 1 aliphatic heterocycles. The zero-order valence-electron chi connectivity index (χ0n) is 10.1. The van der Waals surface area contributed by atoms with E-state index in [9.17, 15) is 4.79 Å². The Morgan fingerprint density at radius 3 is 3.00 bits per heavy atom. The number of amides is 1. The molecule has 0 spiro atoms. The van der Waals surface area contributed by atoms with Gasteiger partial charge in [0.2, 0.25) is 5.91 Å². The number of carbonyl (C=O) groups excluding carboxylic acids is 1. The van der Waals surface area contributed by atoms with Gasteiger partial charge in [-0.15, -0.1) is 0 Å². The molecule has 1 unspecified atom stereocenters. The highest BCUT2D eigenvalue weighted by Gasteiger charge is 2.35. The standard InChI is InChI=1S/C13H14ClN3O/c1-13(5-2-6-16-13)12(18)17-10-3-4-11(14)9(7-10)8-15/h3-4,7,16H,2,5-6H2,1H3,(H,17,18). The Kier molecular flexibility index (Phi) is 3.55. The van der Waals surface area contributed by atoms with Crippen LogP contribution in [0.25, 0.3) is 0 Å². The lowest BCUT2D eigenvalue weighted by Gasteiger charge is -2.23. The van der Waals surface area contributed by atoms with E-state index in [4.69, 9.17) is 16.9 Å². The molecule has 1 heterocycles. The van der Waals surface area contributed by atoms with Crippen molar-refractivity contribution in [2.45, 2.75) is 25.3 Å². The molecule has 1 amide bonds. The van der Waals surface area contributed by atoms with Crippen molar-refractivity contribution in [2.24, 2.45) is 0 Å². The van der Waals surface area contributed by atoms with Crippen LogP contribution in [0.2, 0.25) is 5.02 Å². The molecule has 0 bridgehead atoms. The predicted molar refractivity (Wildman–Crippen MR) is 70.4 cm³/mol. The van der Waals surface area contributed by atoms with E-state index in [1.54, 1.807) is 18.2 Å². The maximum atomic E-state index is 12.1. The van der Waals surface area contributed by atoms with Gasteiger partial charge < -0.3 is 10.6 Å². The number of nitriles is 1. The molecule has 4 nitrogen and oxygen atoms in total. The van der Waals surface area contributed by atoms with E-state index in [-0.39, 0.29) is 5.91 Å². The van der Waals surface area contributed by atoms with E-state index in [0.29, 0.717) is 16.3 Å². The number of nitrogens with zero attached hydrogens (tertiary/aromatic N) is 1. The van der Waals surface area contributed by atoms with E-state index < -0.39 is 5.54 Å². The van der Waals surface area contributed by atoms with E-state index >= 15 is 0 Å². The molecule has 0 aromatic heterocycles. The number of hydrogen-bond acceptors (Lipinski definition) is 3. The lowest BCUT2D eigenvalue weighted by molar-refractivity contribution is -0.121. The lowest BCUT2D eigenvalue weighted by atomic mass is 9.99. The molecule has 2 N–H and O–H groups in total. The molecule has 94 valence electrons.